The molecule has 0 saturated heterocycles. The lowest BCUT2D eigenvalue weighted by molar-refractivity contribution is -0.216. The molecule has 0 aliphatic heterocycles. The van der Waals surface area contributed by atoms with Gasteiger partial charge in [0.1, 0.15) is 6.67 Å². The van der Waals surface area contributed by atoms with Crippen LogP contribution >= 0.6 is 9.24 Å². The van der Waals surface area contributed by atoms with Crippen molar-refractivity contribution in [3.63, 3.8) is 0 Å². The first kappa shape index (κ1) is 17.2. The van der Waals surface area contributed by atoms with Crippen LogP contribution < -0.4 is 0 Å². The van der Waals surface area contributed by atoms with E-state index < -0.39 is 41.4 Å². The molecule has 1 rings (SSSR count). The van der Waals surface area contributed by atoms with Gasteiger partial charge in [-0.05, 0) is 17.7 Å². The number of rotatable bonds is 3. The van der Waals surface area contributed by atoms with Crippen LogP contribution in [0.25, 0.3) is 0 Å². The fourth-order valence-electron chi connectivity index (χ4n) is 1.57. The minimum atomic E-state index is -5.10. The predicted molar refractivity (Wildman–Crippen MR) is 60.9 cm³/mol. The van der Waals surface area contributed by atoms with Crippen LogP contribution in [0.4, 0.5) is 30.7 Å². The Kier molecular flexibility index (Phi) is 4.71. The Morgan fingerprint density at radius 1 is 0.950 bits per heavy atom. The number of hydrogen-bond donors (Lipinski definition) is 1. The minimum Gasteiger partial charge on any atom is -0.382 e. The van der Waals surface area contributed by atoms with Crippen LogP contribution in [0.5, 0.6) is 0 Å². The summed E-state index contributed by atoms with van der Waals surface area (Å²) >= 11 is 0. The van der Waals surface area contributed by atoms with E-state index in [2.05, 4.69) is 0 Å². The second kappa shape index (κ2) is 5.48. The summed E-state index contributed by atoms with van der Waals surface area (Å²) in [6.45, 7) is -1.61. The number of halogens is 7. The van der Waals surface area contributed by atoms with Gasteiger partial charge in [0.05, 0.1) is 10.7 Å². The van der Waals surface area contributed by atoms with Crippen molar-refractivity contribution in [3.8, 4) is 0 Å². The van der Waals surface area contributed by atoms with Crippen LogP contribution in [0.1, 0.15) is 11.1 Å². The van der Waals surface area contributed by atoms with Crippen molar-refractivity contribution < 1.29 is 35.8 Å². The molecule has 0 saturated carbocycles. The summed E-state index contributed by atoms with van der Waals surface area (Å²) in [7, 11) is 1.53. The molecule has 3 atom stereocenters. The third-order valence-corrected chi connectivity index (χ3v) is 3.57. The second-order valence-electron chi connectivity index (χ2n) is 4.19. The number of aliphatic hydroxyl groups is 1. The van der Waals surface area contributed by atoms with E-state index in [0.717, 1.165) is 0 Å². The highest BCUT2D eigenvalue weighted by atomic mass is 31.0. The Balaban J connectivity index is 3.19. The maximum atomic E-state index is 12.9. The molecular formula is C11H10F7OP. The van der Waals surface area contributed by atoms with Gasteiger partial charge >= 0.3 is 12.4 Å². The third-order valence-electron chi connectivity index (χ3n) is 2.77. The van der Waals surface area contributed by atoms with Gasteiger partial charge in [0.25, 0.3) is 0 Å². The highest BCUT2D eigenvalue weighted by Crippen LogP contribution is 2.43. The number of benzene rings is 1. The zero-order valence-corrected chi connectivity index (χ0v) is 10.9. The summed E-state index contributed by atoms with van der Waals surface area (Å²) in [6.07, 6.45) is -12.8. The molecule has 0 aliphatic rings. The Labute approximate surface area is 112 Å². The van der Waals surface area contributed by atoms with Gasteiger partial charge in [-0.2, -0.15) is 26.3 Å². The molecule has 9 heteroatoms. The first-order valence-electron chi connectivity index (χ1n) is 5.20. The molecule has 0 bridgehead atoms. The molecule has 0 aromatic heterocycles. The zero-order chi connectivity index (χ0) is 15.8. The van der Waals surface area contributed by atoms with Gasteiger partial charge < -0.3 is 5.11 Å². The molecule has 1 N–H and O–H groups in total. The fraction of sp³-hybridized carbons (Fsp3) is 0.455. The summed E-state index contributed by atoms with van der Waals surface area (Å²) in [6, 6.07) is 2.49. The highest BCUT2D eigenvalue weighted by Gasteiger charge is 2.51. The molecule has 1 aromatic carbocycles. The van der Waals surface area contributed by atoms with Gasteiger partial charge in [-0.25, -0.2) is 4.39 Å². The molecule has 1 nitrogen and oxygen atoms in total. The van der Waals surface area contributed by atoms with Crippen LogP contribution in [-0.4, -0.2) is 24.1 Å². The number of hydrogen-bond acceptors (Lipinski definition) is 1. The van der Waals surface area contributed by atoms with Crippen LogP contribution in [0, 0.1) is 0 Å². The van der Waals surface area contributed by atoms with E-state index in [9.17, 15) is 35.8 Å². The van der Waals surface area contributed by atoms with Gasteiger partial charge in [0.15, 0.2) is 6.10 Å². The molecule has 0 aliphatic carbocycles. The predicted octanol–water partition coefficient (Wildman–Crippen LogP) is 3.67. The average molecular weight is 322 g/mol. The molecule has 0 spiro atoms. The second-order valence-corrected chi connectivity index (χ2v) is 5.22. The smallest absolute Gasteiger partial charge is 0.382 e. The van der Waals surface area contributed by atoms with Crippen molar-refractivity contribution in [2.45, 2.75) is 23.6 Å². The van der Waals surface area contributed by atoms with E-state index in [1.807, 2.05) is 0 Å². The zero-order valence-electron chi connectivity index (χ0n) is 9.76. The molecule has 20 heavy (non-hydrogen) atoms. The SMILES string of the molecule is OC(C(F)(F)F)C(P)(CF)c1ccc(C(F)(F)F)cc1. The van der Waals surface area contributed by atoms with E-state index >= 15 is 0 Å². The molecule has 0 radical (unpaired) electrons. The summed E-state index contributed by atoms with van der Waals surface area (Å²) < 4.78 is 87.4. The maximum Gasteiger partial charge on any atom is 0.416 e. The highest BCUT2D eigenvalue weighted by molar-refractivity contribution is 7.18. The largest absolute Gasteiger partial charge is 0.416 e. The first-order chi connectivity index (χ1) is 8.93. The summed E-state index contributed by atoms with van der Waals surface area (Å²) in [5.41, 5.74) is -1.48. The van der Waals surface area contributed by atoms with E-state index in [1.165, 1.54) is 9.24 Å². The Bertz CT molecular complexity index is 453. The molecule has 114 valence electrons. The quantitative estimate of drug-likeness (QED) is 0.665. The van der Waals surface area contributed by atoms with Crippen LogP contribution in [0.2, 0.25) is 0 Å². The standard InChI is InChI=1S/C11H10F7OP/c12-5-9(20,8(19)11(16,17)18)6-1-3-7(4-2-6)10(13,14)15/h1-4,8,19H,5,20H2. The van der Waals surface area contributed by atoms with Crippen LogP contribution in [0.3, 0.4) is 0 Å². The molecule has 3 unspecified atom stereocenters. The number of aliphatic hydroxyl groups excluding tert-OH is 1. The average Bonchev–Trinajstić information content (AvgIpc) is 2.35. The van der Waals surface area contributed by atoms with Gasteiger partial charge in [-0.1, -0.05) is 12.1 Å². The van der Waals surface area contributed by atoms with E-state index in [1.54, 1.807) is 0 Å². The van der Waals surface area contributed by atoms with Gasteiger partial charge in [-0.3, -0.25) is 0 Å². The fourth-order valence-corrected chi connectivity index (χ4v) is 1.95. The normalized spacial score (nSPS) is 17.6. The summed E-state index contributed by atoms with van der Waals surface area (Å²) in [5, 5.41) is 6.74. The van der Waals surface area contributed by atoms with Crippen LogP contribution in [-0.2, 0) is 11.3 Å². The first-order valence-corrected chi connectivity index (χ1v) is 5.78. The molecule has 1 aromatic rings. The van der Waals surface area contributed by atoms with Crippen molar-refractivity contribution in [1.82, 2.24) is 0 Å². The number of alkyl halides is 7. The van der Waals surface area contributed by atoms with E-state index in [0.29, 0.717) is 24.3 Å². The Hall–Kier alpha value is -0.880. The summed E-state index contributed by atoms with van der Waals surface area (Å²) in [5.74, 6) is 0. The minimum absolute atomic E-state index is 0.400. The summed E-state index contributed by atoms with van der Waals surface area (Å²) in [4.78, 5) is 0. The Morgan fingerprint density at radius 2 is 1.35 bits per heavy atom. The van der Waals surface area contributed by atoms with E-state index in [-0.39, 0.29) is 0 Å². The third kappa shape index (κ3) is 3.41. The van der Waals surface area contributed by atoms with Crippen molar-refractivity contribution in [1.29, 1.82) is 0 Å². The molecule has 0 heterocycles. The molecule has 0 amide bonds. The van der Waals surface area contributed by atoms with Crippen LogP contribution in [0.15, 0.2) is 24.3 Å². The van der Waals surface area contributed by atoms with Crippen molar-refractivity contribution >= 4 is 9.24 Å². The van der Waals surface area contributed by atoms with Crippen molar-refractivity contribution in [2.24, 2.45) is 0 Å². The van der Waals surface area contributed by atoms with Crippen molar-refractivity contribution in [3.05, 3.63) is 35.4 Å². The monoisotopic (exact) mass is 322 g/mol. The lowest BCUT2D eigenvalue weighted by Gasteiger charge is -2.33. The lowest BCUT2D eigenvalue weighted by atomic mass is 9.92. The topological polar surface area (TPSA) is 20.2 Å². The molecule has 0 fully saturated rings. The van der Waals surface area contributed by atoms with Gasteiger partial charge in [-0.15, -0.1) is 9.24 Å². The van der Waals surface area contributed by atoms with E-state index in [4.69, 9.17) is 0 Å². The Morgan fingerprint density at radius 3 is 1.65 bits per heavy atom. The maximum absolute atomic E-state index is 12.9. The molecular weight excluding hydrogens is 312 g/mol. The van der Waals surface area contributed by atoms with Crippen molar-refractivity contribution in [2.75, 3.05) is 6.67 Å². The van der Waals surface area contributed by atoms with Gasteiger partial charge in [0, 0.05) is 0 Å². The van der Waals surface area contributed by atoms with Gasteiger partial charge in [0.2, 0.25) is 0 Å². The lowest BCUT2D eigenvalue weighted by Crippen LogP contribution is -2.46.